The molecule has 1 heterocycles. The van der Waals surface area contributed by atoms with Gasteiger partial charge in [-0.2, -0.15) is 11.8 Å². The van der Waals surface area contributed by atoms with E-state index in [9.17, 15) is 5.11 Å². The molecule has 88 valence electrons. The van der Waals surface area contributed by atoms with Crippen LogP contribution in [-0.4, -0.2) is 45.7 Å². The van der Waals surface area contributed by atoms with E-state index in [0.717, 1.165) is 43.0 Å². The summed E-state index contributed by atoms with van der Waals surface area (Å²) in [6.45, 7) is 7.80. The topological polar surface area (TPSA) is 23.5 Å². The zero-order chi connectivity index (χ0) is 10.9. The molecule has 0 bridgehead atoms. The van der Waals surface area contributed by atoms with Crippen LogP contribution in [0.4, 0.5) is 0 Å². The molecule has 2 fully saturated rings. The SMILES string of the molecule is CC1CN(CC2(O)CCCC2)CC(C)S1. The summed E-state index contributed by atoms with van der Waals surface area (Å²) in [5.74, 6) is 0. The molecule has 0 aromatic carbocycles. The summed E-state index contributed by atoms with van der Waals surface area (Å²) in [5, 5.41) is 11.8. The van der Waals surface area contributed by atoms with E-state index < -0.39 is 0 Å². The second-order valence-corrected chi connectivity index (χ2v) is 7.26. The van der Waals surface area contributed by atoms with Gasteiger partial charge in [0.15, 0.2) is 0 Å². The van der Waals surface area contributed by atoms with Crippen molar-refractivity contribution in [3.63, 3.8) is 0 Å². The Morgan fingerprint density at radius 1 is 1.20 bits per heavy atom. The number of thioether (sulfide) groups is 1. The summed E-state index contributed by atoms with van der Waals surface area (Å²) in [5.41, 5.74) is -0.360. The molecule has 2 atom stereocenters. The predicted octanol–water partition coefficient (Wildman–Crippen LogP) is 2.12. The molecule has 1 saturated heterocycles. The maximum atomic E-state index is 10.4. The van der Waals surface area contributed by atoms with E-state index in [4.69, 9.17) is 0 Å². The van der Waals surface area contributed by atoms with Crippen LogP contribution in [0.2, 0.25) is 0 Å². The molecule has 0 amide bonds. The Labute approximate surface area is 97.4 Å². The van der Waals surface area contributed by atoms with Gasteiger partial charge < -0.3 is 5.11 Å². The van der Waals surface area contributed by atoms with E-state index in [0.29, 0.717) is 0 Å². The van der Waals surface area contributed by atoms with Crippen LogP contribution in [0.3, 0.4) is 0 Å². The predicted molar refractivity (Wildman–Crippen MR) is 66.4 cm³/mol. The molecule has 1 aliphatic heterocycles. The maximum absolute atomic E-state index is 10.4. The molecule has 1 aliphatic carbocycles. The van der Waals surface area contributed by atoms with Crippen LogP contribution in [0.15, 0.2) is 0 Å². The van der Waals surface area contributed by atoms with Crippen molar-refractivity contribution in [1.29, 1.82) is 0 Å². The van der Waals surface area contributed by atoms with Crippen LogP contribution >= 0.6 is 11.8 Å². The third kappa shape index (κ3) is 3.11. The average molecular weight is 229 g/mol. The largest absolute Gasteiger partial charge is 0.389 e. The smallest absolute Gasteiger partial charge is 0.0774 e. The Morgan fingerprint density at radius 3 is 2.27 bits per heavy atom. The molecule has 0 radical (unpaired) electrons. The first-order chi connectivity index (χ1) is 7.07. The monoisotopic (exact) mass is 229 g/mol. The van der Waals surface area contributed by atoms with Crippen molar-refractivity contribution < 1.29 is 5.11 Å². The summed E-state index contributed by atoms with van der Waals surface area (Å²) in [6, 6.07) is 0. The fourth-order valence-electron chi connectivity index (χ4n) is 3.02. The van der Waals surface area contributed by atoms with Crippen molar-refractivity contribution in [2.75, 3.05) is 19.6 Å². The van der Waals surface area contributed by atoms with Gasteiger partial charge in [-0.15, -0.1) is 0 Å². The van der Waals surface area contributed by atoms with Crippen molar-refractivity contribution in [3.8, 4) is 0 Å². The Bertz CT molecular complexity index is 206. The van der Waals surface area contributed by atoms with Crippen molar-refractivity contribution >= 4 is 11.8 Å². The second kappa shape index (κ2) is 4.64. The van der Waals surface area contributed by atoms with E-state index >= 15 is 0 Å². The van der Waals surface area contributed by atoms with Crippen LogP contribution in [0.5, 0.6) is 0 Å². The molecule has 2 nitrogen and oxygen atoms in total. The standard InChI is InChI=1S/C12H23NOS/c1-10-7-13(8-11(2)15-10)9-12(14)5-3-4-6-12/h10-11,14H,3-9H2,1-2H3. The lowest BCUT2D eigenvalue weighted by atomic mass is 10.0. The Morgan fingerprint density at radius 2 is 1.73 bits per heavy atom. The van der Waals surface area contributed by atoms with E-state index in [-0.39, 0.29) is 5.60 Å². The first-order valence-corrected chi connectivity index (χ1v) is 7.12. The van der Waals surface area contributed by atoms with Crippen LogP contribution < -0.4 is 0 Å². The summed E-state index contributed by atoms with van der Waals surface area (Å²) < 4.78 is 0. The molecular formula is C12H23NOS. The first-order valence-electron chi connectivity index (χ1n) is 6.18. The minimum absolute atomic E-state index is 0.360. The number of rotatable bonds is 2. The molecule has 0 spiro atoms. The van der Waals surface area contributed by atoms with Gasteiger partial charge in [0.1, 0.15) is 0 Å². The van der Waals surface area contributed by atoms with Crippen LogP contribution in [0.1, 0.15) is 39.5 Å². The highest BCUT2D eigenvalue weighted by molar-refractivity contribution is 8.00. The molecule has 3 heteroatoms. The Kier molecular flexibility index (Phi) is 3.63. The minimum atomic E-state index is -0.360. The van der Waals surface area contributed by atoms with E-state index in [2.05, 4.69) is 30.5 Å². The van der Waals surface area contributed by atoms with Gasteiger partial charge in [-0.1, -0.05) is 26.7 Å². The number of hydrogen-bond donors (Lipinski definition) is 1. The molecule has 2 aliphatic rings. The fraction of sp³-hybridized carbons (Fsp3) is 1.00. The van der Waals surface area contributed by atoms with Gasteiger partial charge in [0.05, 0.1) is 5.60 Å². The van der Waals surface area contributed by atoms with Gasteiger partial charge in [-0.25, -0.2) is 0 Å². The highest BCUT2D eigenvalue weighted by Crippen LogP contribution is 2.32. The van der Waals surface area contributed by atoms with E-state index in [1.54, 1.807) is 0 Å². The summed E-state index contributed by atoms with van der Waals surface area (Å²) in [7, 11) is 0. The molecule has 2 unspecified atom stereocenters. The van der Waals surface area contributed by atoms with Gasteiger partial charge in [-0.05, 0) is 12.8 Å². The van der Waals surface area contributed by atoms with Crippen molar-refractivity contribution in [3.05, 3.63) is 0 Å². The van der Waals surface area contributed by atoms with Gasteiger partial charge in [0.2, 0.25) is 0 Å². The molecular weight excluding hydrogens is 206 g/mol. The third-order valence-corrected chi connectivity index (χ3v) is 4.77. The third-order valence-electron chi connectivity index (χ3n) is 3.55. The zero-order valence-corrected chi connectivity index (χ0v) is 10.7. The summed E-state index contributed by atoms with van der Waals surface area (Å²) in [6.07, 6.45) is 4.45. The lowest BCUT2D eigenvalue weighted by molar-refractivity contribution is 0.00908. The van der Waals surface area contributed by atoms with Crippen molar-refractivity contribution in [2.24, 2.45) is 0 Å². The summed E-state index contributed by atoms with van der Waals surface area (Å²) >= 11 is 2.08. The van der Waals surface area contributed by atoms with Crippen LogP contribution in [0, 0.1) is 0 Å². The number of nitrogens with zero attached hydrogens (tertiary/aromatic N) is 1. The van der Waals surface area contributed by atoms with Crippen molar-refractivity contribution in [2.45, 2.75) is 55.6 Å². The van der Waals surface area contributed by atoms with Gasteiger partial charge in [-0.3, -0.25) is 4.90 Å². The average Bonchev–Trinajstić information content (AvgIpc) is 2.49. The lowest BCUT2D eigenvalue weighted by Crippen LogP contribution is -2.48. The van der Waals surface area contributed by atoms with E-state index in [1.165, 1.54) is 12.8 Å². The van der Waals surface area contributed by atoms with Gasteiger partial charge >= 0.3 is 0 Å². The number of β-amino-alcohol motifs (C(OH)–C–C–N with tert-alkyl or cyclic N) is 1. The van der Waals surface area contributed by atoms with Crippen molar-refractivity contribution in [1.82, 2.24) is 4.90 Å². The molecule has 0 aromatic heterocycles. The molecule has 0 aromatic rings. The first kappa shape index (κ1) is 11.7. The Balaban J connectivity index is 1.87. The van der Waals surface area contributed by atoms with Gasteiger partial charge in [0, 0.05) is 30.1 Å². The highest BCUT2D eigenvalue weighted by Gasteiger charge is 2.35. The quantitative estimate of drug-likeness (QED) is 0.784. The second-order valence-electron chi connectivity index (χ2n) is 5.38. The molecule has 15 heavy (non-hydrogen) atoms. The molecule has 1 saturated carbocycles. The highest BCUT2D eigenvalue weighted by atomic mass is 32.2. The Hall–Kier alpha value is 0.270. The number of aliphatic hydroxyl groups is 1. The maximum Gasteiger partial charge on any atom is 0.0774 e. The van der Waals surface area contributed by atoms with E-state index in [1.807, 2.05) is 0 Å². The number of hydrogen-bond acceptors (Lipinski definition) is 3. The normalized spacial score (nSPS) is 37.0. The van der Waals surface area contributed by atoms with Crippen LogP contribution in [0.25, 0.3) is 0 Å². The minimum Gasteiger partial charge on any atom is -0.389 e. The molecule has 2 rings (SSSR count). The fourth-order valence-corrected chi connectivity index (χ4v) is 4.41. The summed E-state index contributed by atoms with van der Waals surface area (Å²) in [4.78, 5) is 2.47. The van der Waals surface area contributed by atoms with Gasteiger partial charge in [0.25, 0.3) is 0 Å². The lowest BCUT2D eigenvalue weighted by Gasteiger charge is -2.38. The molecule has 1 N–H and O–H groups in total. The zero-order valence-electron chi connectivity index (χ0n) is 9.91. The van der Waals surface area contributed by atoms with Crippen LogP contribution in [-0.2, 0) is 0 Å².